The molecule has 6 nitrogen and oxygen atoms in total. The molecule has 4 rings (SSSR count). The number of aromatic nitrogens is 1. The number of methoxy groups -OCH3 is 1. The molecule has 0 unspecified atom stereocenters. The lowest BCUT2D eigenvalue weighted by Crippen LogP contribution is -2.50. The van der Waals surface area contributed by atoms with Crippen LogP contribution in [0.5, 0.6) is 5.88 Å². The zero-order chi connectivity index (χ0) is 19.6. The van der Waals surface area contributed by atoms with Crippen molar-refractivity contribution in [1.29, 1.82) is 0 Å². The van der Waals surface area contributed by atoms with Gasteiger partial charge < -0.3 is 19.6 Å². The van der Waals surface area contributed by atoms with Crippen LogP contribution in [0.3, 0.4) is 0 Å². The van der Waals surface area contributed by atoms with E-state index in [1.165, 1.54) is 12.8 Å². The second kappa shape index (κ2) is 7.99. The molecule has 6 heteroatoms. The maximum atomic E-state index is 12.8. The quantitative estimate of drug-likeness (QED) is 0.861. The molecule has 1 saturated carbocycles. The summed E-state index contributed by atoms with van der Waals surface area (Å²) in [7, 11) is 1.57. The summed E-state index contributed by atoms with van der Waals surface area (Å²) in [5.74, 6) is 0.587. The molecule has 1 spiro atoms. The Labute approximate surface area is 167 Å². The van der Waals surface area contributed by atoms with Gasteiger partial charge in [-0.05, 0) is 75.9 Å². The molecular formula is C22H33N3O3. The van der Waals surface area contributed by atoms with Gasteiger partial charge in [0, 0.05) is 31.9 Å². The smallest absolute Gasteiger partial charge is 0.255 e. The summed E-state index contributed by atoms with van der Waals surface area (Å²) in [6.07, 6.45) is 10.2. The Morgan fingerprint density at radius 2 is 1.75 bits per heavy atom. The molecule has 1 aromatic heterocycles. The Bertz CT molecular complexity index is 667. The van der Waals surface area contributed by atoms with E-state index in [0.29, 0.717) is 16.9 Å². The van der Waals surface area contributed by atoms with Crippen molar-refractivity contribution in [2.24, 2.45) is 5.41 Å². The van der Waals surface area contributed by atoms with Crippen LogP contribution in [0.1, 0.15) is 61.7 Å². The van der Waals surface area contributed by atoms with E-state index < -0.39 is 5.60 Å². The minimum absolute atomic E-state index is 0.0614. The van der Waals surface area contributed by atoms with Crippen molar-refractivity contribution in [3.63, 3.8) is 0 Å². The van der Waals surface area contributed by atoms with Crippen molar-refractivity contribution < 1.29 is 14.6 Å². The van der Waals surface area contributed by atoms with Gasteiger partial charge in [0.1, 0.15) is 0 Å². The number of likely N-dealkylation sites (tertiary alicyclic amines) is 2. The van der Waals surface area contributed by atoms with Crippen molar-refractivity contribution in [2.75, 3.05) is 39.8 Å². The van der Waals surface area contributed by atoms with Gasteiger partial charge >= 0.3 is 0 Å². The summed E-state index contributed by atoms with van der Waals surface area (Å²) in [6, 6.07) is 3.53. The Morgan fingerprint density at radius 1 is 1.07 bits per heavy atom. The summed E-state index contributed by atoms with van der Waals surface area (Å²) in [4.78, 5) is 21.3. The zero-order valence-corrected chi connectivity index (χ0v) is 17.0. The lowest BCUT2D eigenvalue weighted by atomic mass is 9.64. The van der Waals surface area contributed by atoms with Crippen LogP contribution in [0.25, 0.3) is 0 Å². The summed E-state index contributed by atoms with van der Waals surface area (Å²) in [6.45, 7) is 4.73. The molecule has 1 amide bonds. The molecule has 1 N–H and O–H groups in total. The Morgan fingerprint density at radius 3 is 2.32 bits per heavy atom. The van der Waals surface area contributed by atoms with Crippen molar-refractivity contribution in [2.45, 2.75) is 57.0 Å². The summed E-state index contributed by atoms with van der Waals surface area (Å²) in [5.41, 5.74) is 0.434. The first-order chi connectivity index (χ1) is 13.5. The summed E-state index contributed by atoms with van der Waals surface area (Å²) in [5, 5.41) is 11.1. The Balaban J connectivity index is 1.29. The molecule has 28 heavy (non-hydrogen) atoms. The predicted molar refractivity (Wildman–Crippen MR) is 107 cm³/mol. The number of amides is 1. The first kappa shape index (κ1) is 19.6. The van der Waals surface area contributed by atoms with Crippen LogP contribution in [-0.2, 0) is 0 Å². The molecule has 3 fully saturated rings. The van der Waals surface area contributed by atoms with E-state index in [-0.39, 0.29) is 5.91 Å². The van der Waals surface area contributed by atoms with Crippen LogP contribution in [-0.4, -0.2) is 71.2 Å². The van der Waals surface area contributed by atoms with E-state index in [2.05, 4.69) is 9.88 Å². The number of carbonyl (C=O) groups is 1. The molecule has 2 aliphatic heterocycles. The van der Waals surface area contributed by atoms with Gasteiger partial charge in [0.25, 0.3) is 5.91 Å². The molecule has 1 aromatic rings. The molecule has 1 aliphatic carbocycles. The third-order valence-corrected chi connectivity index (χ3v) is 7.26. The lowest BCUT2D eigenvalue weighted by Gasteiger charge is -2.49. The van der Waals surface area contributed by atoms with E-state index in [1.807, 2.05) is 4.90 Å². The highest BCUT2D eigenvalue weighted by Gasteiger charge is 2.44. The number of ether oxygens (including phenoxy) is 1. The number of hydrogen-bond acceptors (Lipinski definition) is 5. The highest BCUT2D eigenvalue weighted by Crippen LogP contribution is 2.48. The highest BCUT2D eigenvalue weighted by atomic mass is 16.5. The average Bonchev–Trinajstić information content (AvgIpc) is 3.23. The molecule has 2 saturated heterocycles. The molecule has 3 aliphatic rings. The van der Waals surface area contributed by atoms with Crippen LogP contribution in [0.4, 0.5) is 0 Å². The van der Waals surface area contributed by atoms with Gasteiger partial charge in [0.15, 0.2) is 0 Å². The molecule has 0 aromatic carbocycles. The van der Waals surface area contributed by atoms with Gasteiger partial charge in [0.05, 0.1) is 18.3 Å². The number of piperidine rings is 1. The van der Waals surface area contributed by atoms with Gasteiger partial charge in [-0.2, -0.15) is 0 Å². The Kier molecular flexibility index (Phi) is 5.61. The molecule has 0 bridgehead atoms. The third-order valence-electron chi connectivity index (χ3n) is 7.26. The van der Waals surface area contributed by atoms with E-state index >= 15 is 0 Å². The number of β-amino-alcohol motifs (C(OH)–C–C–N with tert-alkyl or cyclic N) is 1. The SMILES string of the molecule is COc1ccc(C(=O)N2CCC3(CC2)CCC(O)(CN2CCCC2)CC3)cn1. The first-order valence-corrected chi connectivity index (χ1v) is 10.8. The number of hydrogen-bond donors (Lipinski definition) is 1. The van der Waals surface area contributed by atoms with E-state index in [9.17, 15) is 9.90 Å². The van der Waals surface area contributed by atoms with Crippen molar-refractivity contribution in [3.05, 3.63) is 23.9 Å². The maximum absolute atomic E-state index is 12.8. The maximum Gasteiger partial charge on any atom is 0.255 e. The second-order valence-corrected chi connectivity index (χ2v) is 9.09. The Hall–Kier alpha value is -1.66. The number of rotatable bonds is 4. The molecule has 0 atom stereocenters. The van der Waals surface area contributed by atoms with E-state index in [1.54, 1.807) is 25.4 Å². The lowest BCUT2D eigenvalue weighted by molar-refractivity contribution is -0.0647. The van der Waals surface area contributed by atoms with Gasteiger partial charge in [-0.25, -0.2) is 4.98 Å². The van der Waals surface area contributed by atoms with Crippen molar-refractivity contribution in [1.82, 2.24) is 14.8 Å². The fraction of sp³-hybridized carbons (Fsp3) is 0.727. The minimum atomic E-state index is -0.503. The molecule has 3 heterocycles. The van der Waals surface area contributed by atoms with E-state index in [0.717, 1.165) is 71.2 Å². The second-order valence-electron chi connectivity index (χ2n) is 9.09. The topological polar surface area (TPSA) is 65.9 Å². The number of pyridine rings is 1. The van der Waals surface area contributed by atoms with E-state index in [4.69, 9.17) is 4.74 Å². The monoisotopic (exact) mass is 387 g/mol. The van der Waals surface area contributed by atoms with Crippen molar-refractivity contribution >= 4 is 5.91 Å². The van der Waals surface area contributed by atoms with Gasteiger partial charge in [0.2, 0.25) is 5.88 Å². The predicted octanol–water partition coefficient (Wildman–Crippen LogP) is 2.71. The third kappa shape index (κ3) is 4.18. The standard InChI is InChI=1S/C22H33N3O3/c1-28-19-5-4-18(16-23-19)20(26)25-14-10-21(11-15-25)6-8-22(27,9-7-21)17-24-12-2-3-13-24/h4-5,16,27H,2-3,6-15,17H2,1H3. The van der Waals surface area contributed by atoms with Crippen LogP contribution < -0.4 is 4.74 Å². The zero-order valence-electron chi connectivity index (χ0n) is 17.0. The number of carbonyl (C=O) groups excluding carboxylic acids is 1. The van der Waals surface area contributed by atoms with Gasteiger partial charge in [-0.3, -0.25) is 4.79 Å². The first-order valence-electron chi connectivity index (χ1n) is 10.8. The number of aliphatic hydroxyl groups is 1. The molecule has 0 radical (unpaired) electrons. The van der Waals surface area contributed by atoms with Crippen LogP contribution in [0.15, 0.2) is 18.3 Å². The molecule has 154 valence electrons. The fourth-order valence-corrected chi connectivity index (χ4v) is 5.26. The van der Waals surface area contributed by atoms with Crippen molar-refractivity contribution in [3.8, 4) is 5.88 Å². The van der Waals surface area contributed by atoms with Crippen LogP contribution >= 0.6 is 0 Å². The van der Waals surface area contributed by atoms with Crippen LogP contribution in [0, 0.1) is 5.41 Å². The van der Waals surface area contributed by atoms with Gasteiger partial charge in [-0.1, -0.05) is 0 Å². The summed E-state index contributed by atoms with van der Waals surface area (Å²) < 4.78 is 5.07. The van der Waals surface area contributed by atoms with Gasteiger partial charge in [-0.15, -0.1) is 0 Å². The summed E-state index contributed by atoms with van der Waals surface area (Å²) >= 11 is 0. The highest BCUT2D eigenvalue weighted by molar-refractivity contribution is 5.94. The molecular weight excluding hydrogens is 354 g/mol. The minimum Gasteiger partial charge on any atom is -0.481 e. The fourth-order valence-electron chi connectivity index (χ4n) is 5.26. The largest absolute Gasteiger partial charge is 0.481 e. The number of nitrogens with zero attached hydrogens (tertiary/aromatic N) is 3. The average molecular weight is 388 g/mol. The normalized spacial score (nSPS) is 24.4. The van der Waals surface area contributed by atoms with Crippen LogP contribution in [0.2, 0.25) is 0 Å².